The number of rotatable bonds is 1. The maximum atomic E-state index is 5.99. The standard InChI is InChI=1S/C17H28O2/c1-14(2)9-13(18-4)16-7-8-17(11-19-17)15(3,10-16)6-5-12(14)16/h12-13H,5-11H2,1-4H3/t12-,13-,15+,16-,17-/m0/s1. The summed E-state index contributed by atoms with van der Waals surface area (Å²) in [5, 5.41) is 0. The summed E-state index contributed by atoms with van der Waals surface area (Å²) < 4.78 is 11.9. The van der Waals surface area contributed by atoms with E-state index >= 15 is 0 Å². The summed E-state index contributed by atoms with van der Waals surface area (Å²) in [6.45, 7) is 8.46. The van der Waals surface area contributed by atoms with Crippen LogP contribution in [-0.2, 0) is 9.47 Å². The minimum absolute atomic E-state index is 0.258. The largest absolute Gasteiger partial charge is 0.381 e. The van der Waals surface area contributed by atoms with Crippen LogP contribution in [0.2, 0.25) is 0 Å². The fraction of sp³-hybridized carbons (Fsp3) is 1.00. The third-order valence-corrected chi connectivity index (χ3v) is 7.57. The first-order chi connectivity index (χ1) is 8.88. The van der Waals surface area contributed by atoms with Gasteiger partial charge in [0.1, 0.15) is 0 Å². The Kier molecular flexibility index (Phi) is 2.25. The van der Waals surface area contributed by atoms with Crippen molar-refractivity contribution in [2.75, 3.05) is 13.7 Å². The summed E-state index contributed by atoms with van der Waals surface area (Å²) >= 11 is 0. The number of hydrogen-bond donors (Lipinski definition) is 0. The Morgan fingerprint density at radius 1 is 1.11 bits per heavy atom. The Bertz CT molecular complexity index is 411. The van der Waals surface area contributed by atoms with Crippen molar-refractivity contribution in [3.63, 3.8) is 0 Å². The highest BCUT2D eigenvalue weighted by Crippen LogP contribution is 2.73. The van der Waals surface area contributed by atoms with Gasteiger partial charge in [0.2, 0.25) is 0 Å². The number of methoxy groups -OCH3 is 1. The lowest BCUT2D eigenvalue weighted by molar-refractivity contribution is -0.133. The zero-order valence-electron chi connectivity index (χ0n) is 12.9. The molecule has 0 unspecified atom stereocenters. The maximum Gasteiger partial charge on any atom is 0.0970 e. The van der Waals surface area contributed by atoms with Gasteiger partial charge < -0.3 is 9.47 Å². The lowest BCUT2D eigenvalue weighted by atomic mass is 9.47. The normalized spacial score (nSPS) is 58.1. The molecule has 1 saturated heterocycles. The van der Waals surface area contributed by atoms with Gasteiger partial charge in [-0.25, -0.2) is 0 Å². The summed E-state index contributed by atoms with van der Waals surface area (Å²) in [5.41, 5.74) is 1.58. The Morgan fingerprint density at radius 3 is 2.47 bits per heavy atom. The molecule has 0 aromatic heterocycles. The van der Waals surface area contributed by atoms with E-state index in [2.05, 4.69) is 20.8 Å². The topological polar surface area (TPSA) is 21.8 Å². The predicted molar refractivity (Wildman–Crippen MR) is 75.0 cm³/mol. The van der Waals surface area contributed by atoms with E-state index < -0.39 is 0 Å². The van der Waals surface area contributed by atoms with Gasteiger partial charge in [-0.05, 0) is 55.3 Å². The zero-order valence-corrected chi connectivity index (χ0v) is 12.9. The molecule has 3 saturated carbocycles. The van der Waals surface area contributed by atoms with E-state index in [9.17, 15) is 0 Å². The molecule has 2 heteroatoms. The first kappa shape index (κ1) is 12.6. The van der Waals surface area contributed by atoms with E-state index in [1.165, 1.54) is 38.5 Å². The van der Waals surface area contributed by atoms with Crippen LogP contribution in [0.1, 0.15) is 59.3 Å². The zero-order chi connectivity index (χ0) is 13.5. The van der Waals surface area contributed by atoms with Gasteiger partial charge >= 0.3 is 0 Å². The molecule has 0 aromatic carbocycles. The average Bonchev–Trinajstić information content (AvgIpc) is 3.09. The van der Waals surface area contributed by atoms with Gasteiger partial charge in [-0.3, -0.25) is 0 Å². The van der Waals surface area contributed by atoms with Crippen molar-refractivity contribution in [1.29, 1.82) is 0 Å². The van der Waals surface area contributed by atoms with Gasteiger partial charge in [0.05, 0.1) is 18.3 Å². The molecule has 0 aromatic rings. The lowest BCUT2D eigenvalue weighted by Crippen LogP contribution is -2.56. The smallest absolute Gasteiger partial charge is 0.0970 e. The Hall–Kier alpha value is -0.0800. The fourth-order valence-corrected chi connectivity index (χ4v) is 6.47. The van der Waals surface area contributed by atoms with Gasteiger partial charge in [-0.2, -0.15) is 0 Å². The third-order valence-electron chi connectivity index (χ3n) is 7.57. The number of epoxide rings is 1. The molecule has 0 amide bonds. The van der Waals surface area contributed by atoms with E-state index in [0.29, 0.717) is 22.3 Å². The van der Waals surface area contributed by atoms with Crippen LogP contribution in [0.4, 0.5) is 0 Å². The van der Waals surface area contributed by atoms with Crippen molar-refractivity contribution in [3.05, 3.63) is 0 Å². The van der Waals surface area contributed by atoms with E-state index in [1.54, 1.807) is 0 Å². The highest BCUT2D eigenvalue weighted by atomic mass is 16.6. The van der Waals surface area contributed by atoms with Gasteiger partial charge in [0.25, 0.3) is 0 Å². The number of hydrogen-bond acceptors (Lipinski definition) is 2. The molecule has 108 valence electrons. The SMILES string of the molecule is CO[C@H]1CC(C)(C)[C@@H]2CC[C@]3(C)C[C@]12CC[C@]31CO1. The second kappa shape index (κ2) is 3.39. The molecule has 5 atom stereocenters. The number of fused-ring (bicyclic) bond motifs is 2. The fourth-order valence-electron chi connectivity index (χ4n) is 6.47. The van der Waals surface area contributed by atoms with Crippen molar-refractivity contribution in [2.45, 2.75) is 71.0 Å². The molecule has 4 fully saturated rings. The summed E-state index contributed by atoms with van der Waals surface area (Å²) in [6.07, 6.45) is 8.41. The van der Waals surface area contributed by atoms with Crippen LogP contribution in [0, 0.1) is 22.2 Å². The van der Waals surface area contributed by atoms with E-state index in [-0.39, 0.29) is 5.60 Å². The van der Waals surface area contributed by atoms with Crippen molar-refractivity contribution in [3.8, 4) is 0 Å². The van der Waals surface area contributed by atoms with E-state index in [0.717, 1.165) is 12.5 Å². The molecule has 2 spiro atoms. The second-order valence-electron chi connectivity index (χ2n) is 8.76. The van der Waals surface area contributed by atoms with Gasteiger partial charge in [-0.1, -0.05) is 20.8 Å². The Labute approximate surface area is 117 Å². The van der Waals surface area contributed by atoms with Gasteiger partial charge in [0.15, 0.2) is 0 Å². The summed E-state index contributed by atoms with van der Waals surface area (Å²) in [6, 6.07) is 0. The van der Waals surface area contributed by atoms with Crippen LogP contribution < -0.4 is 0 Å². The third kappa shape index (κ3) is 1.35. The summed E-state index contributed by atoms with van der Waals surface area (Å²) in [4.78, 5) is 0. The van der Waals surface area contributed by atoms with Crippen molar-refractivity contribution >= 4 is 0 Å². The Balaban J connectivity index is 1.76. The van der Waals surface area contributed by atoms with Crippen LogP contribution in [0.15, 0.2) is 0 Å². The molecule has 0 N–H and O–H groups in total. The average molecular weight is 264 g/mol. The maximum absolute atomic E-state index is 5.99. The molecule has 4 aliphatic rings. The van der Waals surface area contributed by atoms with Gasteiger partial charge in [-0.15, -0.1) is 0 Å². The van der Waals surface area contributed by atoms with Crippen molar-refractivity contribution in [2.24, 2.45) is 22.2 Å². The minimum atomic E-state index is 0.258. The molecule has 0 radical (unpaired) electrons. The number of ether oxygens (including phenoxy) is 2. The first-order valence-corrected chi connectivity index (χ1v) is 8.04. The quantitative estimate of drug-likeness (QED) is 0.672. The predicted octanol–water partition coefficient (Wildman–Crippen LogP) is 3.79. The Morgan fingerprint density at radius 2 is 1.84 bits per heavy atom. The molecule has 2 bridgehead atoms. The lowest BCUT2D eigenvalue weighted by Gasteiger charge is -2.58. The minimum Gasteiger partial charge on any atom is -0.381 e. The molecular formula is C17H28O2. The first-order valence-electron chi connectivity index (χ1n) is 8.04. The van der Waals surface area contributed by atoms with Crippen molar-refractivity contribution in [1.82, 2.24) is 0 Å². The van der Waals surface area contributed by atoms with Crippen LogP contribution in [0.5, 0.6) is 0 Å². The molecule has 3 aliphatic carbocycles. The van der Waals surface area contributed by atoms with Crippen LogP contribution in [0.3, 0.4) is 0 Å². The highest BCUT2D eigenvalue weighted by Gasteiger charge is 2.71. The summed E-state index contributed by atoms with van der Waals surface area (Å²) in [7, 11) is 1.93. The molecule has 2 nitrogen and oxygen atoms in total. The van der Waals surface area contributed by atoms with Crippen LogP contribution in [0.25, 0.3) is 0 Å². The second-order valence-corrected chi connectivity index (χ2v) is 8.76. The molecule has 19 heavy (non-hydrogen) atoms. The van der Waals surface area contributed by atoms with Crippen molar-refractivity contribution < 1.29 is 9.47 Å². The van der Waals surface area contributed by atoms with E-state index in [4.69, 9.17) is 9.47 Å². The highest BCUT2D eigenvalue weighted by molar-refractivity contribution is 5.21. The molecular weight excluding hydrogens is 236 g/mol. The van der Waals surface area contributed by atoms with Crippen LogP contribution in [-0.4, -0.2) is 25.4 Å². The molecule has 1 heterocycles. The monoisotopic (exact) mass is 264 g/mol. The van der Waals surface area contributed by atoms with Gasteiger partial charge in [0, 0.05) is 12.5 Å². The van der Waals surface area contributed by atoms with E-state index in [1.807, 2.05) is 7.11 Å². The summed E-state index contributed by atoms with van der Waals surface area (Å²) in [5.74, 6) is 0.856. The molecule has 1 aliphatic heterocycles. The molecule has 4 rings (SSSR count). The van der Waals surface area contributed by atoms with Crippen LogP contribution >= 0.6 is 0 Å².